The highest BCUT2D eigenvalue weighted by Gasteiger charge is 2.19. The summed E-state index contributed by atoms with van der Waals surface area (Å²) >= 11 is 0. The van der Waals surface area contributed by atoms with Crippen LogP contribution in [0.2, 0.25) is 0 Å². The van der Waals surface area contributed by atoms with Gasteiger partial charge in [-0.15, -0.1) is 0 Å². The SMILES string of the molecule is C[C@H](NCc1cccc(C(F)F)c1)C1CCCCC1. The van der Waals surface area contributed by atoms with Crippen LogP contribution in [0.3, 0.4) is 0 Å². The first-order valence-corrected chi connectivity index (χ1v) is 7.27. The molecule has 1 aliphatic carbocycles. The van der Waals surface area contributed by atoms with Gasteiger partial charge in [-0.05, 0) is 37.3 Å². The minimum absolute atomic E-state index is 0.115. The number of hydrogen-bond donors (Lipinski definition) is 1. The summed E-state index contributed by atoms with van der Waals surface area (Å²) in [6.07, 6.45) is 4.24. The maximum absolute atomic E-state index is 12.6. The van der Waals surface area contributed by atoms with E-state index in [0.717, 1.165) is 11.5 Å². The third-order valence-corrected chi connectivity index (χ3v) is 4.19. The predicted octanol–water partition coefficient (Wildman–Crippen LogP) is 4.68. The molecule has 1 N–H and O–H groups in total. The van der Waals surface area contributed by atoms with Gasteiger partial charge >= 0.3 is 0 Å². The van der Waals surface area contributed by atoms with Crippen LogP contribution in [0.25, 0.3) is 0 Å². The van der Waals surface area contributed by atoms with E-state index < -0.39 is 6.43 Å². The summed E-state index contributed by atoms with van der Waals surface area (Å²) < 4.78 is 25.2. The lowest BCUT2D eigenvalue weighted by molar-refractivity contribution is 0.151. The molecule has 0 unspecified atom stereocenters. The van der Waals surface area contributed by atoms with Crippen molar-refractivity contribution < 1.29 is 8.78 Å². The molecule has 19 heavy (non-hydrogen) atoms. The summed E-state index contributed by atoms with van der Waals surface area (Å²) in [5.41, 5.74) is 1.06. The summed E-state index contributed by atoms with van der Waals surface area (Å²) in [6, 6.07) is 7.18. The van der Waals surface area contributed by atoms with Crippen molar-refractivity contribution in [1.82, 2.24) is 5.32 Å². The van der Waals surface area contributed by atoms with Gasteiger partial charge in [0, 0.05) is 18.2 Å². The molecule has 0 radical (unpaired) electrons. The zero-order valence-corrected chi connectivity index (χ0v) is 11.5. The van der Waals surface area contributed by atoms with E-state index in [4.69, 9.17) is 0 Å². The Hall–Kier alpha value is -0.960. The number of rotatable bonds is 5. The van der Waals surface area contributed by atoms with Crippen LogP contribution in [0, 0.1) is 5.92 Å². The predicted molar refractivity (Wildman–Crippen MR) is 74.3 cm³/mol. The molecular formula is C16H23F2N. The highest BCUT2D eigenvalue weighted by atomic mass is 19.3. The molecule has 1 aliphatic rings. The molecular weight excluding hydrogens is 244 g/mol. The van der Waals surface area contributed by atoms with E-state index in [1.54, 1.807) is 12.1 Å². The Labute approximate surface area is 114 Å². The highest BCUT2D eigenvalue weighted by molar-refractivity contribution is 5.24. The molecule has 1 aromatic rings. The second-order valence-corrected chi connectivity index (χ2v) is 5.61. The standard InChI is InChI=1S/C16H23F2N/c1-12(14-7-3-2-4-8-14)19-11-13-6-5-9-15(10-13)16(17)18/h5-6,9-10,12,14,16,19H,2-4,7-8,11H2,1H3/t12-/m0/s1. The average molecular weight is 267 g/mol. The molecule has 0 aliphatic heterocycles. The van der Waals surface area contributed by atoms with Crippen molar-refractivity contribution >= 4 is 0 Å². The molecule has 0 amide bonds. The molecule has 1 saturated carbocycles. The Bertz CT molecular complexity index is 386. The van der Waals surface area contributed by atoms with Crippen LogP contribution < -0.4 is 5.32 Å². The Kier molecular flexibility index (Phi) is 5.32. The number of halogens is 2. The first kappa shape index (κ1) is 14.4. The minimum Gasteiger partial charge on any atom is -0.310 e. The largest absolute Gasteiger partial charge is 0.310 e. The van der Waals surface area contributed by atoms with Gasteiger partial charge in [-0.25, -0.2) is 8.78 Å². The van der Waals surface area contributed by atoms with Gasteiger partial charge in [0.15, 0.2) is 0 Å². The monoisotopic (exact) mass is 267 g/mol. The van der Waals surface area contributed by atoms with Crippen molar-refractivity contribution in [3.8, 4) is 0 Å². The first-order chi connectivity index (χ1) is 9.16. The van der Waals surface area contributed by atoms with Crippen LogP contribution in [-0.2, 0) is 6.54 Å². The summed E-state index contributed by atoms with van der Waals surface area (Å²) in [6.45, 7) is 2.89. The lowest BCUT2D eigenvalue weighted by Gasteiger charge is -2.28. The second kappa shape index (κ2) is 6.99. The molecule has 106 valence electrons. The molecule has 0 bridgehead atoms. The molecule has 0 aromatic heterocycles. The Morgan fingerprint density at radius 1 is 1.21 bits per heavy atom. The van der Waals surface area contributed by atoms with Crippen molar-refractivity contribution in [3.05, 3.63) is 35.4 Å². The van der Waals surface area contributed by atoms with E-state index in [1.807, 2.05) is 6.07 Å². The van der Waals surface area contributed by atoms with Crippen LogP contribution in [0.5, 0.6) is 0 Å². The van der Waals surface area contributed by atoms with E-state index >= 15 is 0 Å². The molecule has 0 spiro atoms. The van der Waals surface area contributed by atoms with Crippen molar-refractivity contribution in [2.24, 2.45) is 5.92 Å². The van der Waals surface area contributed by atoms with E-state index in [0.29, 0.717) is 12.6 Å². The number of alkyl halides is 2. The van der Waals surface area contributed by atoms with Crippen LogP contribution in [-0.4, -0.2) is 6.04 Å². The van der Waals surface area contributed by atoms with Gasteiger partial charge in [-0.2, -0.15) is 0 Å². The van der Waals surface area contributed by atoms with Gasteiger partial charge in [0.1, 0.15) is 0 Å². The first-order valence-electron chi connectivity index (χ1n) is 7.27. The fraction of sp³-hybridized carbons (Fsp3) is 0.625. The highest BCUT2D eigenvalue weighted by Crippen LogP contribution is 2.26. The average Bonchev–Trinajstić information content (AvgIpc) is 2.46. The van der Waals surface area contributed by atoms with Gasteiger partial charge in [-0.3, -0.25) is 0 Å². The van der Waals surface area contributed by atoms with Crippen molar-refractivity contribution in [2.45, 2.75) is 58.0 Å². The Morgan fingerprint density at radius 3 is 2.63 bits per heavy atom. The lowest BCUT2D eigenvalue weighted by atomic mass is 9.84. The van der Waals surface area contributed by atoms with E-state index in [9.17, 15) is 8.78 Å². The van der Waals surface area contributed by atoms with Gasteiger partial charge in [0.05, 0.1) is 0 Å². The van der Waals surface area contributed by atoms with Crippen LogP contribution in [0.15, 0.2) is 24.3 Å². The zero-order valence-electron chi connectivity index (χ0n) is 11.5. The molecule has 1 atom stereocenters. The molecule has 1 nitrogen and oxygen atoms in total. The lowest BCUT2D eigenvalue weighted by Crippen LogP contribution is -2.34. The van der Waals surface area contributed by atoms with Crippen LogP contribution in [0.1, 0.15) is 56.6 Å². The fourth-order valence-corrected chi connectivity index (χ4v) is 2.92. The topological polar surface area (TPSA) is 12.0 Å². The number of benzene rings is 1. The summed E-state index contributed by atoms with van der Waals surface area (Å²) in [5, 5.41) is 3.49. The van der Waals surface area contributed by atoms with E-state index in [-0.39, 0.29) is 5.56 Å². The van der Waals surface area contributed by atoms with Gasteiger partial charge < -0.3 is 5.32 Å². The molecule has 0 saturated heterocycles. The Morgan fingerprint density at radius 2 is 1.95 bits per heavy atom. The van der Waals surface area contributed by atoms with Gasteiger partial charge in [0.25, 0.3) is 6.43 Å². The van der Waals surface area contributed by atoms with Gasteiger partial charge in [0.2, 0.25) is 0 Å². The molecule has 2 rings (SSSR count). The normalized spacial score (nSPS) is 18.7. The minimum atomic E-state index is -2.38. The van der Waals surface area contributed by atoms with E-state index in [1.165, 1.54) is 38.2 Å². The maximum atomic E-state index is 12.6. The molecule has 1 fully saturated rings. The summed E-state index contributed by atoms with van der Waals surface area (Å²) in [7, 11) is 0. The maximum Gasteiger partial charge on any atom is 0.263 e. The third-order valence-electron chi connectivity index (χ3n) is 4.19. The smallest absolute Gasteiger partial charge is 0.263 e. The van der Waals surface area contributed by atoms with E-state index in [2.05, 4.69) is 12.2 Å². The second-order valence-electron chi connectivity index (χ2n) is 5.61. The molecule has 3 heteroatoms. The summed E-state index contributed by atoms with van der Waals surface area (Å²) in [5.74, 6) is 0.743. The molecule has 0 heterocycles. The fourth-order valence-electron chi connectivity index (χ4n) is 2.92. The molecule has 1 aromatic carbocycles. The van der Waals surface area contributed by atoms with Gasteiger partial charge in [-0.1, -0.05) is 37.5 Å². The van der Waals surface area contributed by atoms with Crippen LogP contribution >= 0.6 is 0 Å². The zero-order chi connectivity index (χ0) is 13.7. The van der Waals surface area contributed by atoms with Crippen molar-refractivity contribution in [1.29, 1.82) is 0 Å². The third kappa shape index (κ3) is 4.27. The quantitative estimate of drug-likeness (QED) is 0.816. The van der Waals surface area contributed by atoms with Crippen molar-refractivity contribution in [3.63, 3.8) is 0 Å². The van der Waals surface area contributed by atoms with Crippen LogP contribution in [0.4, 0.5) is 8.78 Å². The number of nitrogens with one attached hydrogen (secondary N) is 1. The Balaban J connectivity index is 1.85. The van der Waals surface area contributed by atoms with Crippen molar-refractivity contribution in [2.75, 3.05) is 0 Å². The summed E-state index contributed by atoms with van der Waals surface area (Å²) in [4.78, 5) is 0. The number of hydrogen-bond acceptors (Lipinski definition) is 1.